The summed E-state index contributed by atoms with van der Waals surface area (Å²) in [5.74, 6) is 0.0933. The van der Waals surface area contributed by atoms with Crippen molar-refractivity contribution in [1.82, 2.24) is 10.3 Å². The van der Waals surface area contributed by atoms with Crippen LogP contribution in [0.2, 0.25) is 0 Å². The monoisotopic (exact) mass is 268 g/mol. The second-order valence-corrected chi connectivity index (χ2v) is 4.81. The largest absolute Gasteiger partial charge is 0.475 e. The van der Waals surface area contributed by atoms with E-state index in [1.807, 2.05) is 0 Å². The van der Waals surface area contributed by atoms with Gasteiger partial charge < -0.3 is 14.8 Å². The maximum Gasteiger partial charge on any atom is 0.250 e. The van der Waals surface area contributed by atoms with Crippen LogP contribution in [0, 0.1) is 11.7 Å². The van der Waals surface area contributed by atoms with E-state index < -0.39 is 0 Å². The lowest BCUT2D eigenvalue weighted by Gasteiger charge is -2.12. The fraction of sp³-hybridized carbons (Fsp3) is 0.643. The minimum absolute atomic E-state index is 0.0997. The molecule has 2 heterocycles. The van der Waals surface area contributed by atoms with Gasteiger partial charge in [0.2, 0.25) is 0 Å². The van der Waals surface area contributed by atoms with Crippen LogP contribution in [0.5, 0.6) is 5.88 Å². The maximum absolute atomic E-state index is 14.1. The van der Waals surface area contributed by atoms with Gasteiger partial charge in [0, 0.05) is 30.8 Å². The van der Waals surface area contributed by atoms with E-state index in [-0.39, 0.29) is 11.7 Å². The third-order valence-corrected chi connectivity index (χ3v) is 3.16. The number of pyridine rings is 1. The van der Waals surface area contributed by atoms with E-state index >= 15 is 0 Å². The van der Waals surface area contributed by atoms with Gasteiger partial charge in [-0.15, -0.1) is 0 Å². The van der Waals surface area contributed by atoms with Crippen molar-refractivity contribution in [2.45, 2.75) is 26.3 Å². The van der Waals surface area contributed by atoms with E-state index in [9.17, 15) is 4.39 Å². The highest BCUT2D eigenvalue weighted by molar-refractivity contribution is 5.23. The van der Waals surface area contributed by atoms with Gasteiger partial charge in [0.15, 0.2) is 5.82 Å². The minimum atomic E-state index is -0.356. The van der Waals surface area contributed by atoms with Crippen molar-refractivity contribution in [3.63, 3.8) is 0 Å². The molecular formula is C14H21FN2O2. The van der Waals surface area contributed by atoms with E-state index in [1.54, 1.807) is 12.3 Å². The number of hydrogen-bond acceptors (Lipinski definition) is 4. The first-order valence-corrected chi connectivity index (χ1v) is 6.86. The van der Waals surface area contributed by atoms with Crippen LogP contribution < -0.4 is 10.1 Å². The van der Waals surface area contributed by atoms with E-state index in [4.69, 9.17) is 9.47 Å². The van der Waals surface area contributed by atoms with Gasteiger partial charge in [-0.2, -0.15) is 0 Å². The predicted octanol–water partition coefficient (Wildman–Crippen LogP) is 2.14. The average Bonchev–Trinajstić information content (AvgIpc) is 2.93. The molecule has 1 saturated heterocycles. The Hall–Kier alpha value is -1.20. The summed E-state index contributed by atoms with van der Waals surface area (Å²) in [5.41, 5.74) is 0.598. The fourth-order valence-corrected chi connectivity index (χ4v) is 2.01. The second kappa shape index (κ2) is 7.40. The van der Waals surface area contributed by atoms with E-state index in [1.165, 1.54) is 0 Å². The highest BCUT2D eigenvalue weighted by Crippen LogP contribution is 2.20. The number of aromatic nitrogens is 1. The summed E-state index contributed by atoms with van der Waals surface area (Å²) >= 11 is 0. The molecule has 106 valence electrons. The molecule has 4 nitrogen and oxygen atoms in total. The molecular weight excluding hydrogens is 247 g/mol. The zero-order chi connectivity index (χ0) is 13.5. The van der Waals surface area contributed by atoms with Gasteiger partial charge in [-0.1, -0.05) is 6.92 Å². The van der Waals surface area contributed by atoms with Gasteiger partial charge in [0.25, 0.3) is 5.88 Å². The molecule has 0 spiro atoms. The van der Waals surface area contributed by atoms with Crippen LogP contribution in [0.4, 0.5) is 4.39 Å². The molecule has 0 saturated carbocycles. The molecule has 1 N–H and O–H groups in total. The first-order valence-electron chi connectivity index (χ1n) is 6.86. The van der Waals surface area contributed by atoms with Crippen LogP contribution >= 0.6 is 0 Å². The van der Waals surface area contributed by atoms with Gasteiger partial charge >= 0.3 is 0 Å². The lowest BCUT2D eigenvalue weighted by molar-refractivity contribution is 0.163. The lowest BCUT2D eigenvalue weighted by Crippen LogP contribution is -2.17. The van der Waals surface area contributed by atoms with Crippen LogP contribution in [-0.4, -0.2) is 31.3 Å². The Balaban J connectivity index is 1.90. The molecule has 5 heteroatoms. The molecule has 0 aliphatic carbocycles. The highest BCUT2D eigenvalue weighted by atomic mass is 19.1. The third-order valence-electron chi connectivity index (χ3n) is 3.16. The summed E-state index contributed by atoms with van der Waals surface area (Å²) in [6, 6.07) is 1.68. The van der Waals surface area contributed by atoms with Crippen molar-refractivity contribution in [2.24, 2.45) is 5.92 Å². The normalized spacial score (nSPS) is 18.7. The van der Waals surface area contributed by atoms with Crippen molar-refractivity contribution in [2.75, 3.05) is 26.4 Å². The summed E-state index contributed by atoms with van der Waals surface area (Å²) in [5, 5.41) is 3.17. The molecule has 1 atom stereocenters. The quantitative estimate of drug-likeness (QED) is 0.769. The molecule has 2 rings (SSSR count). The van der Waals surface area contributed by atoms with Crippen molar-refractivity contribution in [1.29, 1.82) is 0 Å². The van der Waals surface area contributed by atoms with Crippen molar-refractivity contribution in [3.8, 4) is 5.88 Å². The number of nitrogens with one attached hydrogen (secondary N) is 1. The van der Waals surface area contributed by atoms with Gasteiger partial charge in [-0.25, -0.2) is 9.37 Å². The Morgan fingerprint density at radius 1 is 1.58 bits per heavy atom. The first-order chi connectivity index (χ1) is 9.31. The zero-order valence-electron chi connectivity index (χ0n) is 11.3. The molecule has 1 aliphatic heterocycles. The number of nitrogens with zero attached hydrogens (tertiary/aromatic N) is 1. The second-order valence-electron chi connectivity index (χ2n) is 4.81. The highest BCUT2D eigenvalue weighted by Gasteiger charge is 2.18. The summed E-state index contributed by atoms with van der Waals surface area (Å²) in [4.78, 5) is 3.96. The summed E-state index contributed by atoms with van der Waals surface area (Å²) in [7, 11) is 0. The molecule has 0 aromatic carbocycles. The van der Waals surface area contributed by atoms with E-state index in [0.717, 1.165) is 26.0 Å². The Labute approximate surface area is 113 Å². The smallest absolute Gasteiger partial charge is 0.250 e. The molecule has 1 aromatic heterocycles. The molecule has 1 fully saturated rings. The standard InChI is InChI=1S/C14H21FN2O2/c1-2-5-16-8-12-3-6-17-14(13(12)15)19-10-11-4-7-18-9-11/h3,6,11,16H,2,4-5,7-10H2,1H3. The van der Waals surface area contributed by atoms with E-state index in [0.29, 0.717) is 31.2 Å². The molecule has 1 aromatic rings. The van der Waals surface area contributed by atoms with Crippen LogP contribution in [0.15, 0.2) is 12.3 Å². The molecule has 0 bridgehead atoms. The van der Waals surface area contributed by atoms with Gasteiger partial charge in [-0.05, 0) is 25.5 Å². The summed E-state index contributed by atoms with van der Waals surface area (Å²) < 4.78 is 24.8. The number of hydrogen-bond donors (Lipinski definition) is 1. The maximum atomic E-state index is 14.1. The molecule has 19 heavy (non-hydrogen) atoms. The molecule has 1 aliphatic rings. The SMILES string of the molecule is CCCNCc1ccnc(OCC2CCOC2)c1F. The Kier molecular flexibility index (Phi) is 5.54. The zero-order valence-corrected chi connectivity index (χ0v) is 11.3. The Morgan fingerprint density at radius 2 is 2.47 bits per heavy atom. The van der Waals surface area contributed by atoms with Crippen LogP contribution in [0.1, 0.15) is 25.3 Å². The van der Waals surface area contributed by atoms with Gasteiger partial charge in [0.1, 0.15) is 0 Å². The van der Waals surface area contributed by atoms with Gasteiger partial charge in [0.05, 0.1) is 13.2 Å². The fourth-order valence-electron chi connectivity index (χ4n) is 2.01. The van der Waals surface area contributed by atoms with E-state index in [2.05, 4.69) is 17.2 Å². The van der Waals surface area contributed by atoms with Crippen LogP contribution in [-0.2, 0) is 11.3 Å². The topological polar surface area (TPSA) is 43.4 Å². The van der Waals surface area contributed by atoms with Crippen molar-refractivity contribution < 1.29 is 13.9 Å². The number of halogens is 1. The first kappa shape index (κ1) is 14.2. The van der Waals surface area contributed by atoms with Crippen molar-refractivity contribution >= 4 is 0 Å². The lowest BCUT2D eigenvalue weighted by atomic mass is 10.1. The Bertz CT molecular complexity index is 395. The third kappa shape index (κ3) is 4.14. The predicted molar refractivity (Wildman–Crippen MR) is 70.6 cm³/mol. The van der Waals surface area contributed by atoms with Crippen LogP contribution in [0.25, 0.3) is 0 Å². The molecule has 0 amide bonds. The average molecular weight is 268 g/mol. The van der Waals surface area contributed by atoms with Crippen LogP contribution in [0.3, 0.4) is 0 Å². The number of rotatable bonds is 7. The molecule has 0 radical (unpaired) electrons. The minimum Gasteiger partial charge on any atom is -0.475 e. The van der Waals surface area contributed by atoms with Gasteiger partial charge in [-0.3, -0.25) is 0 Å². The van der Waals surface area contributed by atoms with Crippen molar-refractivity contribution in [3.05, 3.63) is 23.6 Å². The summed E-state index contributed by atoms with van der Waals surface area (Å²) in [6.07, 6.45) is 3.59. The molecule has 1 unspecified atom stereocenters. The Morgan fingerprint density at radius 3 is 3.21 bits per heavy atom. The number of ether oxygens (including phenoxy) is 2. The summed E-state index contributed by atoms with van der Waals surface area (Å²) in [6.45, 7) is 5.39.